The number of benzene rings is 1. The van der Waals surface area contributed by atoms with E-state index in [0.29, 0.717) is 23.7 Å². The van der Waals surface area contributed by atoms with Gasteiger partial charge in [0.25, 0.3) is 0 Å². The molecule has 1 aromatic carbocycles. The van der Waals surface area contributed by atoms with Crippen LogP contribution in [-0.4, -0.2) is 13.7 Å². The van der Waals surface area contributed by atoms with E-state index < -0.39 is 0 Å². The molecule has 0 amide bonds. The number of nitrogens with zero attached hydrogens (tertiary/aromatic N) is 1. The molecule has 0 aliphatic heterocycles. The minimum absolute atomic E-state index is 0.561. The third-order valence-corrected chi connectivity index (χ3v) is 1.59. The Morgan fingerprint density at radius 2 is 2.15 bits per heavy atom. The Labute approximate surface area is 77.5 Å². The molecule has 0 fully saturated rings. The predicted molar refractivity (Wildman–Crippen MR) is 48.9 cm³/mol. The second kappa shape index (κ2) is 4.36. The molecule has 1 rings (SSSR count). The smallest absolute Gasteiger partial charge is 0.162 e. The Bertz CT molecular complexity index is 328. The summed E-state index contributed by atoms with van der Waals surface area (Å²) in [5, 5.41) is 8.65. The van der Waals surface area contributed by atoms with Crippen molar-refractivity contribution in [1.82, 2.24) is 0 Å². The van der Waals surface area contributed by atoms with Crippen LogP contribution in [-0.2, 0) is 0 Å². The van der Waals surface area contributed by atoms with Crippen LogP contribution in [0.2, 0.25) is 0 Å². The summed E-state index contributed by atoms with van der Waals surface area (Å²) in [7, 11) is 1.57. The van der Waals surface area contributed by atoms with Crippen LogP contribution in [0.4, 0.5) is 0 Å². The zero-order valence-corrected chi connectivity index (χ0v) is 7.70. The van der Waals surface area contributed by atoms with Gasteiger partial charge in [0.2, 0.25) is 0 Å². The maximum absolute atomic E-state index is 8.65. The van der Waals surface area contributed by atoms with Crippen LogP contribution in [0, 0.1) is 11.3 Å². The molecule has 3 nitrogen and oxygen atoms in total. The number of ether oxygens (including phenoxy) is 2. The first-order valence-corrected chi connectivity index (χ1v) is 4.02. The zero-order chi connectivity index (χ0) is 9.68. The minimum Gasteiger partial charge on any atom is -0.493 e. The fourth-order valence-electron chi connectivity index (χ4n) is 1.01. The standard InChI is InChI=1S/C10H11NO2/c1-3-13-10-6-8(7-11)4-5-9(10)12-2/h4-6H,3H2,1-2H3/i11+1. The van der Waals surface area contributed by atoms with Crippen LogP contribution >= 0.6 is 0 Å². The number of rotatable bonds is 3. The van der Waals surface area contributed by atoms with Crippen molar-refractivity contribution < 1.29 is 9.47 Å². The lowest BCUT2D eigenvalue weighted by Crippen LogP contribution is -1.95. The van der Waals surface area contributed by atoms with Crippen molar-refractivity contribution in [3.8, 4) is 17.6 Å². The van der Waals surface area contributed by atoms with Crippen LogP contribution in [0.5, 0.6) is 11.5 Å². The van der Waals surface area contributed by atoms with Crippen LogP contribution in [0.25, 0.3) is 0 Å². The number of hydrogen-bond donors (Lipinski definition) is 0. The molecule has 3 heteroatoms. The van der Waals surface area contributed by atoms with Crippen molar-refractivity contribution >= 4 is 0 Å². The van der Waals surface area contributed by atoms with Gasteiger partial charge in [0.05, 0.1) is 25.3 Å². The van der Waals surface area contributed by atoms with Gasteiger partial charge in [-0.25, -0.2) is 0 Å². The number of methoxy groups -OCH3 is 1. The van der Waals surface area contributed by atoms with Crippen molar-refractivity contribution in [3.05, 3.63) is 23.8 Å². The topological polar surface area (TPSA) is 42.2 Å². The molecule has 0 heterocycles. The van der Waals surface area contributed by atoms with E-state index in [1.54, 1.807) is 25.3 Å². The zero-order valence-electron chi connectivity index (χ0n) is 7.70. The lowest BCUT2D eigenvalue weighted by atomic mass is 10.2. The van der Waals surface area contributed by atoms with Gasteiger partial charge in [0.15, 0.2) is 11.5 Å². The summed E-state index contributed by atoms with van der Waals surface area (Å²) in [6.45, 7) is 2.45. The monoisotopic (exact) mass is 178 g/mol. The molecule has 0 atom stereocenters. The molecule has 0 spiro atoms. The molecule has 0 unspecified atom stereocenters. The summed E-state index contributed by atoms with van der Waals surface area (Å²) < 4.78 is 10.4. The van der Waals surface area contributed by atoms with Gasteiger partial charge in [-0.3, -0.25) is 0 Å². The Hall–Kier alpha value is -1.69. The summed E-state index contributed by atoms with van der Waals surface area (Å²) in [6, 6.07) is 7.13. The molecule has 0 bridgehead atoms. The van der Waals surface area contributed by atoms with E-state index in [0.717, 1.165) is 0 Å². The van der Waals surface area contributed by atoms with Crippen molar-refractivity contribution in [3.63, 3.8) is 0 Å². The quantitative estimate of drug-likeness (QED) is 0.664. The highest BCUT2D eigenvalue weighted by atomic mass is 16.5. The third-order valence-electron chi connectivity index (χ3n) is 1.59. The molecule has 13 heavy (non-hydrogen) atoms. The van der Waals surface area contributed by atoms with Gasteiger partial charge >= 0.3 is 0 Å². The van der Waals surface area contributed by atoms with Gasteiger partial charge in [0, 0.05) is 6.07 Å². The molecule has 0 aliphatic carbocycles. The average molecular weight is 178 g/mol. The molecule has 1 aromatic rings. The van der Waals surface area contributed by atoms with Gasteiger partial charge in [-0.1, -0.05) is 0 Å². The first-order valence-electron chi connectivity index (χ1n) is 4.02. The van der Waals surface area contributed by atoms with Crippen LogP contribution in [0.1, 0.15) is 12.5 Å². The highest BCUT2D eigenvalue weighted by Gasteiger charge is 2.03. The van der Waals surface area contributed by atoms with Crippen LogP contribution < -0.4 is 9.47 Å². The van der Waals surface area contributed by atoms with Gasteiger partial charge in [-0.2, -0.15) is 5.26 Å². The van der Waals surface area contributed by atoms with E-state index in [4.69, 9.17) is 14.7 Å². The van der Waals surface area contributed by atoms with E-state index in [-0.39, 0.29) is 0 Å². The molecule has 0 N–H and O–H groups in total. The van der Waals surface area contributed by atoms with Gasteiger partial charge in [0.1, 0.15) is 0 Å². The highest BCUT2D eigenvalue weighted by molar-refractivity contribution is 5.46. The molecule has 0 aliphatic rings. The van der Waals surface area contributed by atoms with E-state index in [9.17, 15) is 0 Å². The molecule has 0 radical (unpaired) electrons. The first kappa shape index (κ1) is 9.40. The SMILES string of the molecule is CCOc1cc(C#[15N])ccc1OC. The van der Waals surface area contributed by atoms with Crippen molar-refractivity contribution in [2.45, 2.75) is 6.92 Å². The second-order valence-corrected chi connectivity index (χ2v) is 2.41. The van der Waals surface area contributed by atoms with Crippen LogP contribution in [0.15, 0.2) is 18.2 Å². The van der Waals surface area contributed by atoms with E-state index >= 15 is 0 Å². The fourth-order valence-corrected chi connectivity index (χ4v) is 1.01. The second-order valence-electron chi connectivity index (χ2n) is 2.41. The third kappa shape index (κ3) is 2.12. The lowest BCUT2D eigenvalue weighted by molar-refractivity contribution is 0.311. The summed E-state index contributed by atoms with van der Waals surface area (Å²) in [5.41, 5.74) is 0.573. The van der Waals surface area contributed by atoms with Crippen molar-refractivity contribution in [1.29, 1.82) is 5.26 Å². The maximum atomic E-state index is 8.65. The van der Waals surface area contributed by atoms with Crippen LogP contribution in [0.3, 0.4) is 0 Å². The summed E-state index contributed by atoms with van der Waals surface area (Å²) in [4.78, 5) is 0. The lowest BCUT2D eigenvalue weighted by Gasteiger charge is -2.08. The predicted octanol–water partition coefficient (Wildman–Crippen LogP) is 1.97. The summed E-state index contributed by atoms with van der Waals surface area (Å²) in [5.74, 6) is 1.27. The van der Waals surface area contributed by atoms with E-state index in [1.807, 2.05) is 13.0 Å². The van der Waals surface area contributed by atoms with Crippen molar-refractivity contribution in [2.24, 2.45) is 0 Å². The Morgan fingerprint density at radius 1 is 1.38 bits per heavy atom. The molecular weight excluding hydrogens is 167 g/mol. The fraction of sp³-hybridized carbons (Fsp3) is 0.300. The molecule has 0 saturated carbocycles. The molecule has 0 aromatic heterocycles. The summed E-state index contributed by atoms with van der Waals surface area (Å²) in [6.07, 6.45) is 0. The van der Waals surface area contributed by atoms with Crippen molar-refractivity contribution in [2.75, 3.05) is 13.7 Å². The highest BCUT2D eigenvalue weighted by Crippen LogP contribution is 2.27. The Kier molecular flexibility index (Phi) is 3.15. The van der Waals surface area contributed by atoms with E-state index in [1.165, 1.54) is 0 Å². The van der Waals surface area contributed by atoms with E-state index in [2.05, 4.69) is 0 Å². The minimum atomic E-state index is 0.561. The average Bonchev–Trinajstić information content (AvgIpc) is 2.18. The summed E-state index contributed by atoms with van der Waals surface area (Å²) >= 11 is 0. The Balaban J connectivity index is 3.04. The van der Waals surface area contributed by atoms with Gasteiger partial charge in [-0.05, 0) is 19.1 Å². The Morgan fingerprint density at radius 3 is 2.69 bits per heavy atom. The first-order chi connectivity index (χ1) is 6.31. The maximum Gasteiger partial charge on any atom is 0.162 e. The normalized spacial score (nSPS) is 9.00. The van der Waals surface area contributed by atoms with Gasteiger partial charge < -0.3 is 9.47 Å². The largest absolute Gasteiger partial charge is 0.493 e. The number of hydrogen-bond acceptors (Lipinski definition) is 3. The molecule has 68 valence electrons. The molecular formula is C10H11NO2. The molecule has 0 saturated heterocycles. The van der Waals surface area contributed by atoms with Gasteiger partial charge in [-0.15, -0.1) is 0 Å². The number of nitriles is 1.